The van der Waals surface area contributed by atoms with Crippen LogP contribution >= 0.6 is 23.2 Å². The summed E-state index contributed by atoms with van der Waals surface area (Å²) >= 11 is 11.8. The number of amides is 1. The fourth-order valence-corrected chi connectivity index (χ4v) is 2.53. The van der Waals surface area contributed by atoms with E-state index >= 15 is 0 Å². The molecule has 1 aromatic heterocycles. The van der Waals surface area contributed by atoms with E-state index in [-0.39, 0.29) is 22.7 Å². The minimum Gasteiger partial charge on any atom is -0.456 e. The molecule has 0 aliphatic heterocycles. The second kappa shape index (κ2) is 8.06. The Labute approximate surface area is 162 Å². The number of nitrogens with zero attached hydrogens (tertiary/aromatic N) is 1. The molecule has 1 aromatic carbocycles. The molecule has 0 spiro atoms. The number of aromatic nitrogens is 1. The molecule has 0 aliphatic rings. The molecule has 1 atom stereocenters. The van der Waals surface area contributed by atoms with Crippen molar-refractivity contribution in [3.05, 3.63) is 63.4 Å². The highest BCUT2D eigenvalue weighted by molar-refractivity contribution is 6.34. The second-order valence-corrected chi connectivity index (χ2v) is 7.61. The second-order valence-electron chi connectivity index (χ2n) is 6.81. The first-order chi connectivity index (χ1) is 12.1. The lowest BCUT2D eigenvalue weighted by atomic mass is 10.1. The number of halogens is 2. The van der Waals surface area contributed by atoms with Gasteiger partial charge < -0.3 is 10.1 Å². The molecule has 5 nitrogen and oxygen atoms in total. The van der Waals surface area contributed by atoms with Gasteiger partial charge in [0.15, 0.2) is 0 Å². The molecular formula is C19H20Cl2N2O3. The summed E-state index contributed by atoms with van der Waals surface area (Å²) < 4.78 is 5.33. The molecule has 1 N–H and O–H groups in total. The maximum atomic E-state index is 12.4. The van der Waals surface area contributed by atoms with Crippen molar-refractivity contribution in [2.75, 3.05) is 0 Å². The van der Waals surface area contributed by atoms with Gasteiger partial charge in [-0.3, -0.25) is 4.79 Å². The molecule has 1 heterocycles. The predicted octanol–water partition coefficient (Wildman–Crippen LogP) is 4.83. The van der Waals surface area contributed by atoms with Gasteiger partial charge in [-0.2, -0.15) is 0 Å². The number of carbonyl (C=O) groups is 2. The van der Waals surface area contributed by atoms with Crippen LogP contribution in [0.3, 0.4) is 0 Å². The Morgan fingerprint density at radius 2 is 1.77 bits per heavy atom. The highest BCUT2D eigenvalue weighted by Gasteiger charge is 2.19. The van der Waals surface area contributed by atoms with Crippen molar-refractivity contribution < 1.29 is 14.3 Å². The van der Waals surface area contributed by atoms with Crippen LogP contribution in [0.2, 0.25) is 10.2 Å². The van der Waals surface area contributed by atoms with E-state index < -0.39 is 11.6 Å². The topological polar surface area (TPSA) is 68.3 Å². The van der Waals surface area contributed by atoms with Crippen LogP contribution in [0.1, 0.15) is 60.0 Å². The number of benzene rings is 1. The Morgan fingerprint density at radius 3 is 2.35 bits per heavy atom. The van der Waals surface area contributed by atoms with Crippen LogP contribution in [-0.2, 0) is 4.74 Å². The van der Waals surface area contributed by atoms with Crippen LogP contribution in [0.5, 0.6) is 0 Å². The molecule has 2 rings (SSSR count). The third-order valence-corrected chi connectivity index (χ3v) is 3.95. The summed E-state index contributed by atoms with van der Waals surface area (Å²) in [5.74, 6) is -0.772. The first-order valence-electron chi connectivity index (χ1n) is 8.02. The number of nitrogens with one attached hydrogen (secondary N) is 1. The van der Waals surface area contributed by atoms with E-state index in [1.165, 1.54) is 12.3 Å². The van der Waals surface area contributed by atoms with Crippen LogP contribution in [0.4, 0.5) is 0 Å². The van der Waals surface area contributed by atoms with Gasteiger partial charge in [0.2, 0.25) is 0 Å². The van der Waals surface area contributed by atoms with Crippen LogP contribution in [0.25, 0.3) is 0 Å². The number of pyridine rings is 1. The lowest BCUT2D eigenvalue weighted by molar-refractivity contribution is 0.00693. The van der Waals surface area contributed by atoms with Crippen LogP contribution in [0.15, 0.2) is 36.5 Å². The molecule has 7 heteroatoms. The van der Waals surface area contributed by atoms with Crippen molar-refractivity contribution in [2.45, 2.75) is 39.3 Å². The van der Waals surface area contributed by atoms with Gasteiger partial charge in [-0.25, -0.2) is 9.78 Å². The van der Waals surface area contributed by atoms with Gasteiger partial charge in [0.05, 0.1) is 22.2 Å². The summed E-state index contributed by atoms with van der Waals surface area (Å²) in [5, 5.41) is 3.24. The third-order valence-electron chi connectivity index (χ3n) is 3.44. The fourth-order valence-electron chi connectivity index (χ4n) is 2.18. The summed E-state index contributed by atoms with van der Waals surface area (Å²) in [6.45, 7) is 7.26. The van der Waals surface area contributed by atoms with E-state index in [1.807, 2.05) is 27.7 Å². The average molecular weight is 395 g/mol. The van der Waals surface area contributed by atoms with Gasteiger partial charge >= 0.3 is 5.97 Å². The summed E-state index contributed by atoms with van der Waals surface area (Å²) in [6.07, 6.45) is 1.37. The first kappa shape index (κ1) is 20.2. The Kier molecular flexibility index (Phi) is 6.26. The van der Waals surface area contributed by atoms with Gasteiger partial charge in [-0.15, -0.1) is 0 Å². The lowest BCUT2D eigenvalue weighted by Gasteiger charge is -2.20. The Hall–Kier alpha value is -2.11. The average Bonchev–Trinajstić information content (AvgIpc) is 2.55. The third kappa shape index (κ3) is 5.44. The zero-order valence-corrected chi connectivity index (χ0v) is 16.5. The minimum absolute atomic E-state index is 0.0828. The zero-order valence-electron chi connectivity index (χ0n) is 15.0. The highest BCUT2D eigenvalue weighted by atomic mass is 35.5. The van der Waals surface area contributed by atoms with Crippen LogP contribution in [0, 0.1) is 0 Å². The quantitative estimate of drug-likeness (QED) is 0.595. The van der Waals surface area contributed by atoms with Gasteiger partial charge in [0.25, 0.3) is 5.91 Å². The van der Waals surface area contributed by atoms with E-state index in [1.54, 1.807) is 24.3 Å². The molecule has 26 heavy (non-hydrogen) atoms. The normalized spacial score (nSPS) is 12.4. The smallest absolute Gasteiger partial charge is 0.338 e. The molecule has 0 saturated carbocycles. The highest BCUT2D eigenvalue weighted by Crippen LogP contribution is 2.20. The Bertz CT molecular complexity index is 815. The van der Waals surface area contributed by atoms with E-state index in [0.29, 0.717) is 10.6 Å². The molecule has 1 amide bonds. The van der Waals surface area contributed by atoms with Gasteiger partial charge in [0, 0.05) is 6.20 Å². The van der Waals surface area contributed by atoms with Crippen molar-refractivity contribution in [2.24, 2.45) is 0 Å². The molecule has 138 valence electrons. The minimum atomic E-state index is -0.554. The number of ether oxygens (including phenoxy) is 1. The lowest BCUT2D eigenvalue weighted by Crippen LogP contribution is -2.27. The van der Waals surface area contributed by atoms with Gasteiger partial charge in [-0.05, 0) is 51.5 Å². The predicted molar refractivity (Wildman–Crippen MR) is 102 cm³/mol. The summed E-state index contributed by atoms with van der Waals surface area (Å²) in [5.41, 5.74) is 0.929. The molecule has 0 bridgehead atoms. The number of hydrogen-bond acceptors (Lipinski definition) is 4. The monoisotopic (exact) mass is 394 g/mol. The summed E-state index contributed by atoms with van der Waals surface area (Å²) in [7, 11) is 0. The van der Waals surface area contributed by atoms with Crippen molar-refractivity contribution >= 4 is 35.1 Å². The van der Waals surface area contributed by atoms with Crippen molar-refractivity contribution in [1.29, 1.82) is 0 Å². The van der Waals surface area contributed by atoms with E-state index in [2.05, 4.69) is 10.3 Å². The number of rotatable bonds is 4. The largest absolute Gasteiger partial charge is 0.456 e. The molecule has 0 fully saturated rings. The first-order valence-corrected chi connectivity index (χ1v) is 8.77. The van der Waals surface area contributed by atoms with Crippen LogP contribution in [-0.4, -0.2) is 22.5 Å². The molecular weight excluding hydrogens is 375 g/mol. The molecule has 0 aliphatic carbocycles. The maximum absolute atomic E-state index is 12.4. The van der Waals surface area contributed by atoms with Gasteiger partial charge in [0.1, 0.15) is 10.8 Å². The van der Waals surface area contributed by atoms with Crippen molar-refractivity contribution in [3.8, 4) is 0 Å². The SMILES string of the molecule is CC(NC(=O)c1cc(Cl)cnc1Cl)c1ccc(C(=O)OC(C)(C)C)cc1. The van der Waals surface area contributed by atoms with E-state index in [9.17, 15) is 9.59 Å². The Balaban J connectivity index is 2.08. The number of carbonyl (C=O) groups excluding carboxylic acids is 2. The Morgan fingerprint density at radius 1 is 1.15 bits per heavy atom. The zero-order chi connectivity index (χ0) is 19.5. The molecule has 2 aromatic rings. The van der Waals surface area contributed by atoms with Gasteiger partial charge in [-0.1, -0.05) is 35.3 Å². The number of hydrogen-bond donors (Lipinski definition) is 1. The van der Waals surface area contributed by atoms with Crippen LogP contribution < -0.4 is 5.32 Å². The standard InChI is InChI=1S/C19H20Cl2N2O3/c1-11(23-17(24)15-9-14(20)10-22-16(15)21)12-5-7-13(8-6-12)18(25)26-19(2,3)4/h5-11H,1-4H3,(H,23,24). The van der Waals surface area contributed by atoms with E-state index in [0.717, 1.165) is 5.56 Å². The molecule has 1 unspecified atom stereocenters. The molecule has 0 saturated heterocycles. The summed E-state index contributed by atoms with van der Waals surface area (Å²) in [6, 6.07) is 8.03. The summed E-state index contributed by atoms with van der Waals surface area (Å²) in [4.78, 5) is 28.3. The maximum Gasteiger partial charge on any atom is 0.338 e. The fraction of sp³-hybridized carbons (Fsp3) is 0.316. The van der Waals surface area contributed by atoms with Crippen molar-refractivity contribution in [3.63, 3.8) is 0 Å². The van der Waals surface area contributed by atoms with E-state index in [4.69, 9.17) is 27.9 Å². The van der Waals surface area contributed by atoms with Crippen molar-refractivity contribution in [1.82, 2.24) is 10.3 Å². The molecule has 0 radical (unpaired) electrons. The number of esters is 1.